The fourth-order valence-corrected chi connectivity index (χ4v) is 3.55. The Balaban J connectivity index is 1.89. The summed E-state index contributed by atoms with van der Waals surface area (Å²) in [7, 11) is -1.67. The maximum Gasteiger partial charge on any atom is 0.387 e. The molecule has 2 rings (SSSR count). The minimum absolute atomic E-state index is 0.0190. The van der Waals surface area contributed by atoms with Crippen LogP contribution in [0.1, 0.15) is 24.1 Å². The second kappa shape index (κ2) is 9.25. The van der Waals surface area contributed by atoms with Crippen LogP contribution >= 0.6 is 0 Å². The molecule has 0 amide bonds. The Labute approximate surface area is 159 Å². The van der Waals surface area contributed by atoms with E-state index < -0.39 is 16.6 Å². The Hall–Kier alpha value is -2.03. The molecule has 0 heterocycles. The van der Waals surface area contributed by atoms with Crippen molar-refractivity contribution in [3.05, 3.63) is 59.7 Å². The first kappa shape index (κ1) is 21.3. The molecule has 1 atom stereocenters. The molecule has 0 bridgehead atoms. The zero-order valence-corrected chi connectivity index (χ0v) is 16.3. The molecule has 148 valence electrons. The Morgan fingerprint density at radius 1 is 1.07 bits per heavy atom. The van der Waals surface area contributed by atoms with Gasteiger partial charge in [0.1, 0.15) is 5.75 Å². The average Bonchev–Trinajstić information content (AvgIpc) is 2.61. The third kappa shape index (κ3) is 6.27. The Morgan fingerprint density at radius 2 is 1.67 bits per heavy atom. The van der Waals surface area contributed by atoms with Gasteiger partial charge in [-0.15, -0.1) is 0 Å². The van der Waals surface area contributed by atoms with Crippen molar-refractivity contribution >= 4 is 10.0 Å². The van der Waals surface area contributed by atoms with Gasteiger partial charge in [-0.2, -0.15) is 8.78 Å². The van der Waals surface area contributed by atoms with Crippen LogP contribution in [0.2, 0.25) is 0 Å². The molecule has 0 radical (unpaired) electrons. The largest absolute Gasteiger partial charge is 0.435 e. The maximum atomic E-state index is 12.3. The summed E-state index contributed by atoms with van der Waals surface area (Å²) in [6.45, 7) is 1.74. The molecule has 0 aliphatic carbocycles. The number of sulfonamides is 1. The summed E-state index contributed by atoms with van der Waals surface area (Å²) >= 11 is 0. The van der Waals surface area contributed by atoms with Gasteiger partial charge in [-0.3, -0.25) is 4.90 Å². The standard InChI is InChI=1S/C19H24F2N2O3S/c1-14-4-10-18(11-5-14)27(24,25)22-12-13-23(3)15(2)16-6-8-17(9-7-16)26-19(20)21/h4-11,15,19,22H,12-13H2,1-3H3/t15-/m1/s1. The van der Waals surface area contributed by atoms with Gasteiger partial charge < -0.3 is 4.74 Å². The molecular formula is C19H24F2N2O3S. The van der Waals surface area contributed by atoms with Crippen LogP contribution in [-0.4, -0.2) is 40.1 Å². The smallest absolute Gasteiger partial charge is 0.387 e. The van der Waals surface area contributed by atoms with Gasteiger partial charge in [0.15, 0.2) is 0 Å². The van der Waals surface area contributed by atoms with Gasteiger partial charge in [0.2, 0.25) is 10.0 Å². The minimum atomic E-state index is -3.54. The van der Waals surface area contributed by atoms with E-state index in [0.29, 0.717) is 6.54 Å². The van der Waals surface area contributed by atoms with Crippen molar-refractivity contribution in [3.63, 3.8) is 0 Å². The van der Waals surface area contributed by atoms with E-state index in [9.17, 15) is 17.2 Å². The number of halogens is 2. The van der Waals surface area contributed by atoms with Crippen LogP contribution < -0.4 is 9.46 Å². The lowest BCUT2D eigenvalue weighted by atomic mass is 10.1. The lowest BCUT2D eigenvalue weighted by Gasteiger charge is -2.25. The molecule has 0 unspecified atom stereocenters. The zero-order valence-electron chi connectivity index (χ0n) is 15.5. The van der Waals surface area contributed by atoms with E-state index in [4.69, 9.17) is 0 Å². The predicted octanol–water partition coefficient (Wildman–Crippen LogP) is 3.57. The van der Waals surface area contributed by atoms with Gasteiger partial charge in [0.25, 0.3) is 0 Å². The summed E-state index contributed by atoms with van der Waals surface area (Å²) in [6.07, 6.45) is 0. The normalized spacial score (nSPS) is 13.1. The van der Waals surface area contributed by atoms with E-state index in [0.717, 1.165) is 11.1 Å². The molecular weight excluding hydrogens is 374 g/mol. The molecule has 0 saturated carbocycles. The number of ether oxygens (including phenoxy) is 1. The van der Waals surface area contributed by atoms with Crippen molar-refractivity contribution in [2.24, 2.45) is 0 Å². The SMILES string of the molecule is Cc1ccc(S(=O)(=O)NCCN(C)[C@H](C)c2ccc(OC(F)F)cc2)cc1. The summed E-state index contributed by atoms with van der Waals surface area (Å²) in [4.78, 5) is 2.21. The first-order chi connectivity index (χ1) is 12.7. The highest BCUT2D eigenvalue weighted by Crippen LogP contribution is 2.22. The summed E-state index contributed by atoms with van der Waals surface area (Å²) in [5.41, 5.74) is 1.91. The monoisotopic (exact) mass is 398 g/mol. The number of hydrogen-bond acceptors (Lipinski definition) is 4. The van der Waals surface area contributed by atoms with Crippen LogP contribution in [0.5, 0.6) is 5.75 Å². The number of alkyl halides is 2. The first-order valence-electron chi connectivity index (χ1n) is 8.50. The summed E-state index contributed by atoms with van der Waals surface area (Å²) < 4.78 is 55.9. The lowest BCUT2D eigenvalue weighted by Crippen LogP contribution is -2.34. The quantitative estimate of drug-likeness (QED) is 0.702. The summed E-state index contributed by atoms with van der Waals surface area (Å²) in [5, 5.41) is 0. The van der Waals surface area contributed by atoms with E-state index in [-0.39, 0.29) is 23.2 Å². The van der Waals surface area contributed by atoms with Gasteiger partial charge in [0, 0.05) is 19.1 Å². The van der Waals surface area contributed by atoms with Gasteiger partial charge in [-0.05, 0) is 50.7 Å². The number of hydrogen-bond donors (Lipinski definition) is 1. The molecule has 2 aromatic carbocycles. The van der Waals surface area contributed by atoms with E-state index in [1.54, 1.807) is 36.4 Å². The van der Waals surface area contributed by atoms with Gasteiger partial charge >= 0.3 is 6.61 Å². The van der Waals surface area contributed by atoms with E-state index in [2.05, 4.69) is 9.46 Å². The van der Waals surface area contributed by atoms with E-state index >= 15 is 0 Å². The lowest BCUT2D eigenvalue weighted by molar-refractivity contribution is -0.0498. The topological polar surface area (TPSA) is 58.6 Å². The van der Waals surface area contributed by atoms with Crippen LogP contribution in [0.4, 0.5) is 8.78 Å². The molecule has 8 heteroatoms. The van der Waals surface area contributed by atoms with Crippen LogP contribution in [0, 0.1) is 6.92 Å². The molecule has 0 fully saturated rings. The molecule has 0 saturated heterocycles. The minimum Gasteiger partial charge on any atom is -0.435 e. The second-order valence-corrected chi connectivity index (χ2v) is 8.08. The predicted molar refractivity (Wildman–Crippen MR) is 100 cm³/mol. The molecule has 0 aliphatic rings. The number of aryl methyl sites for hydroxylation is 1. The van der Waals surface area contributed by atoms with Crippen molar-refractivity contribution < 1.29 is 21.9 Å². The molecule has 0 spiro atoms. The molecule has 1 N–H and O–H groups in total. The van der Waals surface area contributed by atoms with Gasteiger partial charge in [0.05, 0.1) is 4.90 Å². The van der Waals surface area contributed by atoms with Crippen LogP contribution in [0.3, 0.4) is 0 Å². The fraction of sp³-hybridized carbons (Fsp3) is 0.368. The highest BCUT2D eigenvalue weighted by molar-refractivity contribution is 7.89. The summed E-state index contributed by atoms with van der Waals surface area (Å²) in [6, 6.07) is 13.1. The number of rotatable bonds is 9. The van der Waals surface area contributed by atoms with Crippen LogP contribution in [0.25, 0.3) is 0 Å². The second-order valence-electron chi connectivity index (χ2n) is 6.31. The van der Waals surface area contributed by atoms with Crippen LogP contribution in [0.15, 0.2) is 53.4 Å². The first-order valence-corrected chi connectivity index (χ1v) is 9.98. The van der Waals surface area contributed by atoms with Gasteiger partial charge in [-0.25, -0.2) is 13.1 Å². The van der Waals surface area contributed by atoms with Crippen molar-refractivity contribution in [1.29, 1.82) is 0 Å². The molecule has 0 aliphatic heterocycles. The highest BCUT2D eigenvalue weighted by Gasteiger charge is 2.16. The third-order valence-corrected chi connectivity index (χ3v) is 5.81. The fourth-order valence-electron chi connectivity index (χ4n) is 2.53. The Kier molecular flexibility index (Phi) is 7.29. The zero-order chi connectivity index (χ0) is 20.0. The van der Waals surface area contributed by atoms with Crippen molar-refractivity contribution in [2.45, 2.75) is 31.4 Å². The Bertz CT molecular complexity index is 825. The van der Waals surface area contributed by atoms with Crippen molar-refractivity contribution in [1.82, 2.24) is 9.62 Å². The molecule has 5 nitrogen and oxygen atoms in total. The molecule has 27 heavy (non-hydrogen) atoms. The Morgan fingerprint density at radius 3 is 2.22 bits per heavy atom. The summed E-state index contributed by atoms with van der Waals surface area (Å²) in [5.74, 6) is 0.106. The number of nitrogens with one attached hydrogen (secondary N) is 1. The molecule has 0 aromatic heterocycles. The van der Waals surface area contributed by atoms with E-state index in [1.807, 2.05) is 25.8 Å². The van der Waals surface area contributed by atoms with Crippen molar-refractivity contribution in [2.75, 3.05) is 20.1 Å². The van der Waals surface area contributed by atoms with Crippen molar-refractivity contribution in [3.8, 4) is 5.75 Å². The highest BCUT2D eigenvalue weighted by atomic mass is 32.2. The van der Waals surface area contributed by atoms with Crippen LogP contribution in [-0.2, 0) is 10.0 Å². The average molecular weight is 398 g/mol. The maximum absolute atomic E-state index is 12.3. The number of benzene rings is 2. The third-order valence-electron chi connectivity index (χ3n) is 4.34. The van der Waals surface area contributed by atoms with Gasteiger partial charge in [-0.1, -0.05) is 29.8 Å². The number of likely N-dealkylation sites (N-methyl/N-ethyl adjacent to an activating group) is 1. The molecule has 2 aromatic rings. The van der Waals surface area contributed by atoms with E-state index in [1.165, 1.54) is 12.1 Å². The number of nitrogens with zero attached hydrogens (tertiary/aromatic N) is 1.